The van der Waals surface area contributed by atoms with Crippen LogP contribution in [-0.2, 0) is 19.4 Å². The first kappa shape index (κ1) is 16.0. The van der Waals surface area contributed by atoms with E-state index in [1.807, 2.05) is 6.20 Å². The summed E-state index contributed by atoms with van der Waals surface area (Å²) in [7, 11) is 0. The molecule has 0 aliphatic carbocycles. The molecule has 2 N–H and O–H groups in total. The van der Waals surface area contributed by atoms with E-state index in [1.54, 1.807) is 0 Å². The SMILES string of the molecule is Cc1c(C(C)NCCc2ccc3[nH]ccc3c2)c(C#N)c2n1CCC2. The Bertz CT molecular complexity index is 954. The molecule has 4 nitrogen and oxygen atoms in total. The molecule has 0 saturated carbocycles. The molecule has 0 amide bonds. The van der Waals surface area contributed by atoms with Crippen molar-refractivity contribution in [1.82, 2.24) is 14.9 Å². The standard InChI is InChI=1S/C21H24N4/c1-14(21-15(2)25-11-3-4-20(25)18(21)13-22)23-9-7-16-5-6-19-17(12-16)8-10-24-19/h5-6,8,10,12,14,23-24H,3-4,7,9,11H2,1-2H3. The van der Waals surface area contributed by atoms with Crippen LogP contribution in [0.3, 0.4) is 0 Å². The lowest BCUT2D eigenvalue weighted by molar-refractivity contribution is 0.569. The molecule has 1 aliphatic heterocycles. The van der Waals surface area contributed by atoms with Gasteiger partial charge in [-0.25, -0.2) is 0 Å². The Balaban J connectivity index is 1.46. The van der Waals surface area contributed by atoms with E-state index in [2.05, 4.69) is 59.1 Å². The van der Waals surface area contributed by atoms with Gasteiger partial charge in [-0.3, -0.25) is 0 Å². The summed E-state index contributed by atoms with van der Waals surface area (Å²) in [6.07, 6.45) is 5.16. The summed E-state index contributed by atoms with van der Waals surface area (Å²) in [5, 5.41) is 14.5. The zero-order chi connectivity index (χ0) is 17.4. The maximum absolute atomic E-state index is 9.63. The molecule has 4 heteroatoms. The average Bonchev–Trinajstić information content (AvgIpc) is 3.31. The zero-order valence-electron chi connectivity index (χ0n) is 14.9. The maximum Gasteiger partial charge on any atom is 0.101 e. The maximum atomic E-state index is 9.63. The number of hydrogen-bond donors (Lipinski definition) is 2. The number of benzene rings is 1. The van der Waals surface area contributed by atoms with Crippen LogP contribution in [-0.4, -0.2) is 16.1 Å². The van der Waals surface area contributed by atoms with Gasteiger partial charge in [0.25, 0.3) is 0 Å². The average molecular weight is 332 g/mol. The predicted octanol–water partition coefficient (Wildman–Crippen LogP) is 3.99. The van der Waals surface area contributed by atoms with Crippen molar-refractivity contribution < 1.29 is 0 Å². The van der Waals surface area contributed by atoms with Crippen LogP contribution in [0.1, 0.15) is 47.5 Å². The second kappa shape index (κ2) is 6.42. The number of nitrogens with zero attached hydrogens (tertiary/aromatic N) is 2. The molecular formula is C21H24N4. The van der Waals surface area contributed by atoms with Gasteiger partial charge in [-0.15, -0.1) is 0 Å². The third-order valence-corrected chi connectivity index (χ3v) is 5.50. The Labute approximate surface area is 148 Å². The van der Waals surface area contributed by atoms with Crippen LogP contribution in [0.15, 0.2) is 30.5 Å². The fraction of sp³-hybridized carbons (Fsp3) is 0.381. The highest BCUT2D eigenvalue weighted by molar-refractivity contribution is 5.79. The van der Waals surface area contributed by atoms with Gasteiger partial charge >= 0.3 is 0 Å². The van der Waals surface area contributed by atoms with Crippen molar-refractivity contribution in [3.05, 3.63) is 58.5 Å². The van der Waals surface area contributed by atoms with Gasteiger partial charge in [0.05, 0.1) is 5.56 Å². The third-order valence-electron chi connectivity index (χ3n) is 5.50. The van der Waals surface area contributed by atoms with Crippen molar-refractivity contribution in [2.45, 2.75) is 45.7 Å². The second-order valence-corrected chi connectivity index (χ2v) is 7.01. The quantitative estimate of drug-likeness (QED) is 0.742. The van der Waals surface area contributed by atoms with E-state index in [-0.39, 0.29) is 6.04 Å². The molecule has 0 saturated heterocycles. The van der Waals surface area contributed by atoms with Gasteiger partial charge in [0, 0.05) is 41.3 Å². The molecule has 1 aromatic carbocycles. The highest BCUT2D eigenvalue weighted by Gasteiger charge is 2.26. The molecule has 2 aromatic heterocycles. The van der Waals surface area contributed by atoms with Crippen LogP contribution >= 0.6 is 0 Å². The summed E-state index contributed by atoms with van der Waals surface area (Å²) in [6.45, 7) is 6.29. The minimum atomic E-state index is 0.198. The lowest BCUT2D eigenvalue weighted by atomic mass is 10.0. The monoisotopic (exact) mass is 332 g/mol. The Kier molecular flexibility index (Phi) is 4.10. The topological polar surface area (TPSA) is 56.5 Å². The first-order chi connectivity index (χ1) is 12.2. The van der Waals surface area contributed by atoms with Crippen LogP contribution in [0, 0.1) is 18.3 Å². The van der Waals surface area contributed by atoms with Gasteiger partial charge < -0.3 is 14.9 Å². The van der Waals surface area contributed by atoms with Gasteiger partial charge in [0.1, 0.15) is 6.07 Å². The zero-order valence-corrected chi connectivity index (χ0v) is 14.9. The first-order valence-corrected chi connectivity index (χ1v) is 9.10. The summed E-state index contributed by atoms with van der Waals surface area (Å²) in [4.78, 5) is 3.23. The van der Waals surface area contributed by atoms with E-state index in [0.29, 0.717) is 0 Å². The molecule has 0 bridgehead atoms. The summed E-state index contributed by atoms with van der Waals surface area (Å²) in [6, 6.07) is 11.3. The molecule has 3 heterocycles. The third kappa shape index (κ3) is 2.75. The van der Waals surface area contributed by atoms with Crippen LogP contribution in [0.4, 0.5) is 0 Å². The van der Waals surface area contributed by atoms with E-state index >= 15 is 0 Å². The number of nitrogens with one attached hydrogen (secondary N) is 2. The van der Waals surface area contributed by atoms with Gasteiger partial charge in [0.2, 0.25) is 0 Å². The van der Waals surface area contributed by atoms with Crippen LogP contribution in [0.25, 0.3) is 10.9 Å². The normalized spacial score (nSPS) is 14.6. The molecule has 25 heavy (non-hydrogen) atoms. The van der Waals surface area contributed by atoms with Gasteiger partial charge in [0.15, 0.2) is 0 Å². The highest BCUT2D eigenvalue weighted by Crippen LogP contribution is 2.32. The largest absolute Gasteiger partial charge is 0.361 e. The predicted molar refractivity (Wildman–Crippen MR) is 101 cm³/mol. The summed E-state index contributed by atoms with van der Waals surface area (Å²) in [5.41, 5.74) is 7.12. The Morgan fingerprint density at radius 1 is 1.36 bits per heavy atom. The van der Waals surface area contributed by atoms with Crippen molar-refractivity contribution in [2.24, 2.45) is 0 Å². The fourth-order valence-corrected chi connectivity index (χ4v) is 4.23. The smallest absolute Gasteiger partial charge is 0.101 e. The second-order valence-electron chi connectivity index (χ2n) is 7.01. The molecular weight excluding hydrogens is 308 g/mol. The molecule has 1 unspecified atom stereocenters. The number of aromatic nitrogens is 2. The first-order valence-electron chi connectivity index (χ1n) is 9.10. The molecule has 0 fully saturated rings. The Hall–Kier alpha value is -2.51. The molecule has 3 aromatic rings. The summed E-state index contributed by atoms with van der Waals surface area (Å²) >= 11 is 0. The minimum Gasteiger partial charge on any atom is -0.361 e. The van der Waals surface area contributed by atoms with Crippen molar-refractivity contribution in [3.8, 4) is 6.07 Å². The van der Waals surface area contributed by atoms with Crippen LogP contribution in [0.5, 0.6) is 0 Å². The molecule has 4 rings (SSSR count). The molecule has 0 spiro atoms. The minimum absolute atomic E-state index is 0.198. The molecule has 128 valence electrons. The number of nitriles is 1. The molecule has 1 aliphatic rings. The number of fused-ring (bicyclic) bond motifs is 2. The van der Waals surface area contributed by atoms with Gasteiger partial charge in [-0.2, -0.15) is 5.26 Å². The lowest BCUT2D eigenvalue weighted by Gasteiger charge is -2.16. The summed E-state index contributed by atoms with van der Waals surface area (Å²) < 4.78 is 2.34. The van der Waals surface area contributed by atoms with Crippen molar-refractivity contribution >= 4 is 10.9 Å². The van der Waals surface area contributed by atoms with E-state index in [1.165, 1.54) is 33.4 Å². The van der Waals surface area contributed by atoms with Gasteiger partial charge in [-0.05, 0) is 68.8 Å². The van der Waals surface area contributed by atoms with E-state index in [4.69, 9.17) is 0 Å². The van der Waals surface area contributed by atoms with Gasteiger partial charge in [-0.1, -0.05) is 6.07 Å². The van der Waals surface area contributed by atoms with Crippen molar-refractivity contribution in [2.75, 3.05) is 6.54 Å². The van der Waals surface area contributed by atoms with E-state index in [9.17, 15) is 5.26 Å². The Morgan fingerprint density at radius 2 is 2.24 bits per heavy atom. The highest BCUT2D eigenvalue weighted by atomic mass is 15.0. The summed E-state index contributed by atoms with van der Waals surface area (Å²) in [5.74, 6) is 0. The number of rotatable bonds is 5. The van der Waals surface area contributed by atoms with Crippen molar-refractivity contribution in [1.29, 1.82) is 5.26 Å². The lowest BCUT2D eigenvalue weighted by Crippen LogP contribution is -2.22. The molecule has 0 radical (unpaired) electrons. The van der Waals surface area contributed by atoms with Crippen LogP contribution < -0.4 is 5.32 Å². The fourth-order valence-electron chi connectivity index (χ4n) is 4.23. The molecule has 1 atom stereocenters. The van der Waals surface area contributed by atoms with E-state index < -0.39 is 0 Å². The number of H-pyrrole nitrogens is 1. The van der Waals surface area contributed by atoms with E-state index in [0.717, 1.165) is 37.9 Å². The van der Waals surface area contributed by atoms with Crippen LogP contribution in [0.2, 0.25) is 0 Å². The number of aromatic amines is 1. The number of hydrogen-bond acceptors (Lipinski definition) is 2. The Morgan fingerprint density at radius 3 is 3.08 bits per heavy atom. The van der Waals surface area contributed by atoms with Crippen molar-refractivity contribution in [3.63, 3.8) is 0 Å².